The minimum Gasteiger partial charge on any atom is -0.465 e. The Kier molecular flexibility index (Phi) is 5.60. The number of likely N-dealkylation sites (N-methyl/N-ethyl adjacent to an activating group) is 1. The van der Waals surface area contributed by atoms with E-state index in [4.69, 9.17) is 9.47 Å². The van der Waals surface area contributed by atoms with Crippen LogP contribution in [-0.2, 0) is 14.3 Å². The number of rotatable bonds is 7. The second kappa shape index (κ2) is 7.22. The molecule has 1 atom stereocenters. The zero-order chi connectivity index (χ0) is 13.7. The van der Waals surface area contributed by atoms with Gasteiger partial charge in [-0.3, -0.25) is 4.79 Å². The molecule has 19 heavy (non-hydrogen) atoms. The SMILES string of the molecule is CCOC(=O)C(CN(C)C1CCOCC1)NC1CC1. The number of carbonyl (C=O) groups excluding carboxylic acids is 1. The van der Waals surface area contributed by atoms with Crippen LogP contribution in [0.3, 0.4) is 0 Å². The second-order valence-electron chi connectivity index (χ2n) is 5.53. The molecule has 5 heteroatoms. The minimum absolute atomic E-state index is 0.117. The molecule has 0 amide bonds. The number of hydrogen-bond acceptors (Lipinski definition) is 5. The summed E-state index contributed by atoms with van der Waals surface area (Å²) in [7, 11) is 2.09. The number of nitrogens with one attached hydrogen (secondary N) is 1. The molecule has 1 saturated carbocycles. The first kappa shape index (κ1) is 14.8. The van der Waals surface area contributed by atoms with E-state index in [0.717, 1.165) is 32.6 Å². The summed E-state index contributed by atoms with van der Waals surface area (Å²) >= 11 is 0. The fraction of sp³-hybridized carbons (Fsp3) is 0.929. The lowest BCUT2D eigenvalue weighted by atomic mass is 10.1. The van der Waals surface area contributed by atoms with Gasteiger partial charge in [-0.05, 0) is 39.7 Å². The van der Waals surface area contributed by atoms with E-state index in [-0.39, 0.29) is 12.0 Å². The monoisotopic (exact) mass is 270 g/mol. The summed E-state index contributed by atoms with van der Waals surface area (Å²) in [6.07, 6.45) is 4.46. The first-order valence-corrected chi connectivity index (χ1v) is 7.41. The smallest absolute Gasteiger partial charge is 0.324 e. The molecule has 1 aliphatic heterocycles. The van der Waals surface area contributed by atoms with Crippen LogP contribution in [0.15, 0.2) is 0 Å². The Morgan fingerprint density at radius 1 is 1.37 bits per heavy atom. The van der Waals surface area contributed by atoms with Gasteiger partial charge in [0.1, 0.15) is 6.04 Å². The van der Waals surface area contributed by atoms with Crippen molar-refractivity contribution in [2.45, 2.75) is 50.7 Å². The van der Waals surface area contributed by atoms with Crippen molar-refractivity contribution in [2.24, 2.45) is 0 Å². The normalized spacial score (nSPS) is 22.5. The van der Waals surface area contributed by atoms with Crippen molar-refractivity contribution in [1.82, 2.24) is 10.2 Å². The van der Waals surface area contributed by atoms with Crippen molar-refractivity contribution in [3.8, 4) is 0 Å². The lowest BCUT2D eigenvalue weighted by molar-refractivity contribution is -0.146. The van der Waals surface area contributed by atoms with Crippen molar-refractivity contribution >= 4 is 5.97 Å². The largest absolute Gasteiger partial charge is 0.465 e. The van der Waals surface area contributed by atoms with Crippen molar-refractivity contribution in [3.05, 3.63) is 0 Å². The molecule has 0 aromatic rings. The standard InChI is InChI=1S/C14H26N2O3/c1-3-19-14(17)13(15-11-4-5-11)10-16(2)12-6-8-18-9-7-12/h11-13,15H,3-10H2,1-2H3. The molecule has 110 valence electrons. The maximum Gasteiger partial charge on any atom is 0.324 e. The molecular formula is C14H26N2O3. The molecule has 2 fully saturated rings. The molecule has 2 rings (SSSR count). The average Bonchev–Trinajstić information content (AvgIpc) is 3.23. The molecule has 1 aliphatic carbocycles. The number of ether oxygens (including phenoxy) is 2. The molecule has 5 nitrogen and oxygen atoms in total. The van der Waals surface area contributed by atoms with Gasteiger partial charge in [0.25, 0.3) is 0 Å². The highest BCUT2D eigenvalue weighted by Crippen LogP contribution is 2.20. The van der Waals surface area contributed by atoms with Gasteiger partial charge < -0.3 is 19.7 Å². The Morgan fingerprint density at radius 2 is 2.05 bits per heavy atom. The molecule has 1 heterocycles. The number of esters is 1. The molecule has 0 bridgehead atoms. The molecule has 0 aromatic heterocycles. The van der Waals surface area contributed by atoms with Crippen LogP contribution in [0, 0.1) is 0 Å². The number of nitrogens with zero attached hydrogens (tertiary/aromatic N) is 1. The predicted octanol–water partition coefficient (Wildman–Crippen LogP) is 0.781. The summed E-state index contributed by atoms with van der Waals surface area (Å²) in [5.41, 5.74) is 0. The summed E-state index contributed by atoms with van der Waals surface area (Å²) in [5.74, 6) is -0.117. The van der Waals surface area contributed by atoms with E-state index < -0.39 is 0 Å². The maximum atomic E-state index is 12.0. The van der Waals surface area contributed by atoms with Crippen LogP contribution in [-0.4, -0.2) is 62.4 Å². The highest BCUT2D eigenvalue weighted by Gasteiger charge is 2.31. The zero-order valence-electron chi connectivity index (χ0n) is 12.1. The third-order valence-corrected chi connectivity index (χ3v) is 3.87. The van der Waals surface area contributed by atoms with Gasteiger partial charge in [0, 0.05) is 31.8 Å². The predicted molar refractivity (Wildman–Crippen MR) is 73.0 cm³/mol. The minimum atomic E-state index is -0.194. The summed E-state index contributed by atoms with van der Waals surface area (Å²) in [6, 6.07) is 0.837. The van der Waals surface area contributed by atoms with Crippen LogP contribution in [0.1, 0.15) is 32.6 Å². The van der Waals surface area contributed by atoms with Gasteiger partial charge in [-0.15, -0.1) is 0 Å². The van der Waals surface area contributed by atoms with E-state index in [2.05, 4.69) is 17.3 Å². The van der Waals surface area contributed by atoms with Gasteiger partial charge in [0.2, 0.25) is 0 Å². The quantitative estimate of drug-likeness (QED) is 0.693. The molecule has 0 spiro atoms. The van der Waals surface area contributed by atoms with Crippen molar-refractivity contribution in [3.63, 3.8) is 0 Å². The van der Waals surface area contributed by atoms with Gasteiger partial charge in [-0.25, -0.2) is 0 Å². The topological polar surface area (TPSA) is 50.8 Å². The molecule has 0 aromatic carbocycles. The summed E-state index contributed by atoms with van der Waals surface area (Å²) in [6.45, 7) is 4.68. The van der Waals surface area contributed by atoms with Gasteiger partial charge in [0.05, 0.1) is 6.61 Å². The van der Waals surface area contributed by atoms with Gasteiger partial charge >= 0.3 is 5.97 Å². The van der Waals surface area contributed by atoms with E-state index in [1.54, 1.807) is 0 Å². The van der Waals surface area contributed by atoms with Gasteiger partial charge in [-0.1, -0.05) is 0 Å². The average molecular weight is 270 g/mol. The zero-order valence-corrected chi connectivity index (χ0v) is 12.1. The first-order chi connectivity index (χ1) is 9.20. The van der Waals surface area contributed by atoms with Crippen molar-refractivity contribution in [2.75, 3.05) is 33.4 Å². The van der Waals surface area contributed by atoms with Crippen LogP contribution in [0.2, 0.25) is 0 Å². The van der Waals surface area contributed by atoms with Crippen molar-refractivity contribution < 1.29 is 14.3 Å². The third-order valence-electron chi connectivity index (χ3n) is 3.87. The molecule has 1 N–H and O–H groups in total. The lowest BCUT2D eigenvalue weighted by Gasteiger charge is -2.33. The lowest BCUT2D eigenvalue weighted by Crippen LogP contribution is -2.50. The summed E-state index contributed by atoms with van der Waals surface area (Å²) in [5, 5.41) is 3.40. The number of hydrogen-bond donors (Lipinski definition) is 1. The summed E-state index contributed by atoms with van der Waals surface area (Å²) in [4.78, 5) is 14.3. The van der Waals surface area contributed by atoms with Crippen molar-refractivity contribution in [1.29, 1.82) is 0 Å². The van der Waals surface area contributed by atoms with Crippen LogP contribution in [0.4, 0.5) is 0 Å². The Bertz CT molecular complexity index is 288. The van der Waals surface area contributed by atoms with Crippen LogP contribution in [0.5, 0.6) is 0 Å². The Morgan fingerprint density at radius 3 is 2.63 bits per heavy atom. The maximum absolute atomic E-state index is 12.0. The first-order valence-electron chi connectivity index (χ1n) is 7.41. The van der Waals surface area contributed by atoms with Gasteiger partial charge in [0.15, 0.2) is 0 Å². The Balaban J connectivity index is 1.84. The van der Waals surface area contributed by atoms with Crippen LogP contribution in [0.25, 0.3) is 0 Å². The fourth-order valence-electron chi connectivity index (χ4n) is 2.54. The molecule has 2 aliphatic rings. The van der Waals surface area contributed by atoms with Gasteiger partial charge in [-0.2, -0.15) is 0 Å². The highest BCUT2D eigenvalue weighted by atomic mass is 16.5. The van der Waals surface area contributed by atoms with Crippen LogP contribution >= 0.6 is 0 Å². The Labute approximate surface area is 115 Å². The van der Waals surface area contributed by atoms with E-state index in [0.29, 0.717) is 18.7 Å². The highest BCUT2D eigenvalue weighted by molar-refractivity contribution is 5.76. The summed E-state index contributed by atoms with van der Waals surface area (Å²) < 4.78 is 10.5. The third kappa shape index (κ3) is 4.75. The van der Waals surface area contributed by atoms with E-state index in [1.165, 1.54) is 12.8 Å². The van der Waals surface area contributed by atoms with E-state index in [9.17, 15) is 4.79 Å². The Hall–Kier alpha value is -0.650. The van der Waals surface area contributed by atoms with Crippen LogP contribution < -0.4 is 5.32 Å². The van der Waals surface area contributed by atoms with E-state index >= 15 is 0 Å². The molecule has 1 unspecified atom stereocenters. The molecule has 1 saturated heterocycles. The molecule has 0 radical (unpaired) electrons. The van der Waals surface area contributed by atoms with E-state index in [1.807, 2.05) is 6.92 Å². The second-order valence-corrected chi connectivity index (χ2v) is 5.53. The number of carbonyl (C=O) groups is 1. The molecular weight excluding hydrogens is 244 g/mol. The fourth-order valence-corrected chi connectivity index (χ4v) is 2.54.